The summed E-state index contributed by atoms with van der Waals surface area (Å²) in [5.74, 6) is -0.511. The van der Waals surface area contributed by atoms with Gasteiger partial charge in [0.15, 0.2) is 0 Å². The SMILES string of the molecule is Cc1nc(-c2cccc(C(=O)Nc3ccc(C)c(NC(=O)c4ccc5nccnc5c4)c3)c2)cs1. The van der Waals surface area contributed by atoms with Gasteiger partial charge in [-0.1, -0.05) is 18.2 Å². The van der Waals surface area contributed by atoms with Crippen molar-refractivity contribution < 1.29 is 9.59 Å². The molecule has 5 rings (SSSR count). The molecule has 0 bridgehead atoms. The predicted molar refractivity (Wildman–Crippen MR) is 139 cm³/mol. The summed E-state index contributed by atoms with van der Waals surface area (Å²) in [6.45, 7) is 3.85. The average Bonchev–Trinajstić information content (AvgIpc) is 3.32. The van der Waals surface area contributed by atoms with Crippen LogP contribution >= 0.6 is 11.3 Å². The molecule has 2 aromatic heterocycles. The second-order valence-electron chi connectivity index (χ2n) is 8.03. The van der Waals surface area contributed by atoms with Gasteiger partial charge in [-0.15, -0.1) is 11.3 Å². The zero-order valence-electron chi connectivity index (χ0n) is 19.1. The summed E-state index contributed by atoms with van der Waals surface area (Å²) in [5, 5.41) is 8.80. The fourth-order valence-corrected chi connectivity index (χ4v) is 4.27. The Morgan fingerprint density at radius 1 is 0.800 bits per heavy atom. The highest BCUT2D eigenvalue weighted by molar-refractivity contribution is 7.09. The number of anilines is 2. The van der Waals surface area contributed by atoms with Crippen LogP contribution in [0.5, 0.6) is 0 Å². The van der Waals surface area contributed by atoms with Crippen LogP contribution in [0.2, 0.25) is 0 Å². The van der Waals surface area contributed by atoms with Gasteiger partial charge in [0.25, 0.3) is 11.8 Å². The molecule has 0 saturated heterocycles. The highest BCUT2D eigenvalue weighted by atomic mass is 32.1. The van der Waals surface area contributed by atoms with Crippen LogP contribution < -0.4 is 10.6 Å². The number of aryl methyl sites for hydroxylation is 2. The van der Waals surface area contributed by atoms with Crippen LogP contribution in [0.25, 0.3) is 22.3 Å². The molecule has 0 spiro atoms. The van der Waals surface area contributed by atoms with Crippen LogP contribution in [0.3, 0.4) is 0 Å². The highest BCUT2D eigenvalue weighted by Crippen LogP contribution is 2.25. The number of amides is 2. The van der Waals surface area contributed by atoms with Crippen molar-refractivity contribution in [2.45, 2.75) is 13.8 Å². The lowest BCUT2D eigenvalue weighted by Crippen LogP contribution is -2.15. The third kappa shape index (κ3) is 4.92. The maximum Gasteiger partial charge on any atom is 0.255 e. The molecule has 0 aliphatic rings. The Bertz CT molecular complexity index is 1580. The van der Waals surface area contributed by atoms with Crippen molar-refractivity contribution in [3.8, 4) is 11.3 Å². The molecule has 172 valence electrons. The van der Waals surface area contributed by atoms with Gasteiger partial charge in [-0.25, -0.2) is 4.98 Å². The lowest BCUT2D eigenvalue weighted by molar-refractivity contribution is 0.101. The van der Waals surface area contributed by atoms with E-state index >= 15 is 0 Å². The quantitative estimate of drug-likeness (QED) is 0.328. The Morgan fingerprint density at radius 2 is 1.57 bits per heavy atom. The Kier molecular flexibility index (Phi) is 6.03. The third-order valence-corrected chi connectivity index (χ3v) is 6.29. The number of nitrogens with zero attached hydrogens (tertiary/aromatic N) is 3. The first kappa shape index (κ1) is 22.4. The minimum absolute atomic E-state index is 0.243. The number of hydrogen-bond donors (Lipinski definition) is 2. The van der Waals surface area contributed by atoms with E-state index in [-0.39, 0.29) is 11.8 Å². The summed E-state index contributed by atoms with van der Waals surface area (Å²) in [6.07, 6.45) is 3.20. The lowest BCUT2D eigenvalue weighted by Gasteiger charge is -2.12. The fraction of sp³-hybridized carbons (Fsp3) is 0.0741. The Hall–Kier alpha value is -4.43. The molecule has 0 aliphatic heterocycles. The smallest absolute Gasteiger partial charge is 0.255 e. The molecule has 2 N–H and O–H groups in total. The van der Waals surface area contributed by atoms with E-state index in [0.29, 0.717) is 28.0 Å². The van der Waals surface area contributed by atoms with Crippen LogP contribution in [0, 0.1) is 13.8 Å². The molecule has 0 aliphatic carbocycles. The largest absolute Gasteiger partial charge is 0.322 e. The van der Waals surface area contributed by atoms with E-state index in [1.54, 1.807) is 54.1 Å². The van der Waals surface area contributed by atoms with Gasteiger partial charge in [-0.05, 0) is 61.9 Å². The molecule has 0 radical (unpaired) electrons. The molecular weight excluding hydrogens is 458 g/mol. The minimum Gasteiger partial charge on any atom is -0.322 e. The maximum absolute atomic E-state index is 12.9. The summed E-state index contributed by atoms with van der Waals surface area (Å²) in [7, 11) is 0. The molecule has 35 heavy (non-hydrogen) atoms. The second-order valence-corrected chi connectivity index (χ2v) is 9.09. The summed E-state index contributed by atoms with van der Waals surface area (Å²) >= 11 is 1.57. The van der Waals surface area contributed by atoms with Crippen molar-refractivity contribution >= 4 is 45.6 Å². The van der Waals surface area contributed by atoms with Crippen LogP contribution in [0.15, 0.2) is 78.4 Å². The molecule has 5 aromatic rings. The number of fused-ring (bicyclic) bond motifs is 1. The topological polar surface area (TPSA) is 96.9 Å². The predicted octanol–water partition coefficient (Wildman–Crippen LogP) is 5.87. The number of rotatable bonds is 5. The zero-order valence-corrected chi connectivity index (χ0v) is 19.9. The number of aromatic nitrogens is 3. The minimum atomic E-state index is -0.268. The first-order valence-electron chi connectivity index (χ1n) is 10.9. The number of carbonyl (C=O) groups excluding carboxylic acids is 2. The van der Waals surface area contributed by atoms with Gasteiger partial charge < -0.3 is 10.6 Å². The van der Waals surface area contributed by atoms with Gasteiger partial charge in [0.2, 0.25) is 0 Å². The van der Waals surface area contributed by atoms with Crippen molar-refractivity contribution in [3.63, 3.8) is 0 Å². The summed E-state index contributed by atoms with van der Waals surface area (Å²) < 4.78 is 0. The van der Waals surface area contributed by atoms with Gasteiger partial charge in [-0.3, -0.25) is 19.6 Å². The van der Waals surface area contributed by atoms with Gasteiger partial charge in [0.1, 0.15) is 0 Å². The van der Waals surface area contributed by atoms with E-state index in [4.69, 9.17) is 0 Å². The van der Waals surface area contributed by atoms with Crippen LogP contribution in [0.4, 0.5) is 11.4 Å². The molecule has 0 saturated carbocycles. The first-order chi connectivity index (χ1) is 17.0. The summed E-state index contributed by atoms with van der Waals surface area (Å²) in [6, 6.07) is 18.0. The molecule has 2 heterocycles. The molecular formula is C27H21N5O2S. The van der Waals surface area contributed by atoms with Crippen LogP contribution in [0.1, 0.15) is 31.3 Å². The number of nitrogens with one attached hydrogen (secondary N) is 2. The Labute approximate surface area is 205 Å². The number of benzene rings is 3. The second kappa shape index (κ2) is 9.44. The normalized spacial score (nSPS) is 10.8. The van der Waals surface area contributed by atoms with Crippen molar-refractivity contribution in [3.05, 3.63) is 100 Å². The Morgan fingerprint density at radius 3 is 2.37 bits per heavy atom. The average molecular weight is 480 g/mol. The van der Waals surface area contributed by atoms with Crippen molar-refractivity contribution in [1.29, 1.82) is 0 Å². The van der Waals surface area contributed by atoms with Gasteiger partial charge in [-0.2, -0.15) is 0 Å². The molecule has 0 unspecified atom stereocenters. The van der Waals surface area contributed by atoms with Gasteiger partial charge in [0.05, 0.1) is 21.7 Å². The van der Waals surface area contributed by atoms with Gasteiger partial charge in [0, 0.05) is 45.8 Å². The summed E-state index contributed by atoms with van der Waals surface area (Å²) in [5.41, 5.74) is 6.16. The highest BCUT2D eigenvalue weighted by Gasteiger charge is 2.13. The number of carbonyl (C=O) groups is 2. The van der Waals surface area contributed by atoms with E-state index in [2.05, 4.69) is 25.6 Å². The maximum atomic E-state index is 12.9. The van der Waals surface area contributed by atoms with Crippen LogP contribution in [-0.2, 0) is 0 Å². The Balaban J connectivity index is 1.33. The zero-order chi connectivity index (χ0) is 24.4. The van der Waals surface area contributed by atoms with Gasteiger partial charge >= 0.3 is 0 Å². The molecule has 0 fully saturated rings. The molecule has 8 heteroatoms. The van der Waals surface area contributed by atoms with E-state index in [0.717, 1.165) is 27.3 Å². The van der Waals surface area contributed by atoms with E-state index in [1.165, 1.54) is 0 Å². The lowest BCUT2D eigenvalue weighted by atomic mass is 10.1. The van der Waals surface area contributed by atoms with Crippen molar-refractivity contribution in [2.24, 2.45) is 0 Å². The molecule has 7 nitrogen and oxygen atoms in total. The molecule has 0 atom stereocenters. The van der Waals surface area contributed by atoms with E-state index in [1.807, 2.05) is 49.6 Å². The fourth-order valence-electron chi connectivity index (χ4n) is 3.65. The molecule has 2 amide bonds. The van der Waals surface area contributed by atoms with E-state index < -0.39 is 0 Å². The number of thiazole rings is 1. The van der Waals surface area contributed by atoms with E-state index in [9.17, 15) is 9.59 Å². The third-order valence-electron chi connectivity index (χ3n) is 5.51. The number of hydrogen-bond acceptors (Lipinski definition) is 6. The monoisotopic (exact) mass is 479 g/mol. The van der Waals surface area contributed by atoms with Crippen LogP contribution in [-0.4, -0.2) is 26.8 Å². The summed E-state index contributed by atoms with van der Waals surface area (Å²) in [4.78, 5) is 38.8. The standard InChI is InChI=1S/C27H21N5O2S/c1-16-6-8-21(31-26(33)19-5-3-4-18(12-19)25-15-35-17(2)30-25)14-23(16)32-27(34)20-7-9-22-24(13-20)29-11-10-28-22/h3-15H,1-2H3,(H,31,33)(H,32,34). The first-order valence-corrected chi connectivity index (χ1v) is 11.8. The molecule has 3 aromatic carbocycles. The van der Waals surface area contributed by atoms with Crippen molar-refractivity contribution in [2.75, 3.05) is 10.6 Å². The van der Waals surface area contributed by atoms with Crippen molar-refractivity contribution in [1.82, 2.24) is 15.0 Å².